The number of hydrogen-bond acceptors (Lipinski definition) is 6. The van der Waals surface area contributed by atoms with Crippen LogP contribution in [0.25, 0.3) is 16.3 Å². The minimum absolute atomic E-state index is 0.0108. The van der Waals surface area contributed by atoms with Crippen LogP contribution in [0.2, 0.25) is 0 Å². The molecule has 0 N–H and O–H groups in total. The molecule has 0 radical (unpaired) electrons. The molecule has 0 spiro atoms. The van der Waals surface area contributed by atoms with Gasteiger partial charge in [0.15, 0.2) is 0 Å². The van der Waals surface area contributed by atoms with Gasteiger partial charge in [-0.2, -0.15) is 9.50 Å². The minimum atomic E-state index is -0.570. The molecule has 0 aliphatic heterocycles. The molecule has 0 aliphatic rings. The Morgan fingerprint density at radius 1 is 1.42 bits per heavy atom. The van der Waals surface area contributed by atoms with Gasteiger partial charge in [0.25, 0.3) is 11.6 Å². The van der Waals surface area contributed by atoms with E-state index in [1.54, 1.807) is 22.0 Å². The Bertz CT molecular complexity index is 762. The summed E-state index contributed by atoms with van der Waals surface area (Å²) in [5.74, 6) is -0.179. The normalized spacial score (nSPS) is 10.8. The van der Waals surface area contributed by atoms with Gasteiger partial charge in [0.2, 0.25) is 0 Å². The Labute approximate surface area is 112 Å². The number of carbonyl (C=O) groups excluding carboxylic acids is 1. The predicted octanol–water partition coefficient (Wildman–Crippen LogP) is 1.95. The number of methoxy groups -OCH3 is 1. The van der Waals surface area contributed by atoms with Gasteiger partial charge in [-0.1, -0.05) is 0 Å². The van der Waals surface area contributed by atoms with Crippen LogP contribution in [0.3, 0.4) is 0 Å². The van der Waals surface area contributed by atoms with Gasteiger partial charge in [-0.05, 0) is 30.0 Å². The molecule has 0 amide bonds. The van der Waals surface area contributed by atoms with E-state index in [-0.39, 0.29) is 5.82 Å². The van der Waals surface area contributed by atoms with Crippen LogP contribution in [0.5, 0.6) is 0 Å². The van der Waals surface area contributed by atoms with Crippen molar-refractivity contribution in [2.24, 2.45) is 0 Å². The topological polar surface area (TPSA) is 69.4 Å². The van der Waals surface area contributed by atoms with Crippen molar-refractivity contribution in [1.29, 1.82) is 0 Å². The average Bonchev–Trinajstić information content (AvgIpc) is 3.03. The van der Waals surface area contributed by atoms with Gasteiger partial charge in [0.1, 0.15) is 0 Å². The van der Waals surface area contributed by atoms with Gasteiger partial charge >= 0.3 is 5.97 Å². The monoisotopic (exact) mass is 274 g/mol. The fraction of sp³-hybridized carbons (Fsp3) is 0.167. The molecular weight excluding hydrogens is 264 g/mol. The van der Waals surface area contributed by atoms with Crippen LogP contribution in [-0.4, -0.2) is 32.7 Å². The van der Waals surface area contributed by atoms with Crippen molar-refractivity contribution in [1.82, 2.24) is 19.6 Å². The molecule has 3 aromatic rings. The van der Waals surface area contributed by atoms with E-state index in [1.807, 2.05) is 24.4 Å². The molecule has 3 aromatic heterocycles. The number of fused-ring (bicyclic) bond motifs is 1. The number of aromatic nitrogens is 4. The highest BCUT2D eigenvalue weighted by Crippen LogP contribution is 2.28. The lowest BCUT2D eigenvalue weighted by atomic mass is 10.2. The van der Waals surface area contributed by atoms with Gasteiger partial charge in [0, 0.05) is 6.20 Å². The summed E-state index contributed by atoms with van der Waals surface area (Å²) in [7, 11) is 1.30. The molecule has 7 heteroatoms. The van der Waals surface area contributed by atoms with Crippen molar-refractivity contribution in [2.75, 3.05) is 7.11 Å². The number of esters is 1. The summed E-state index contributed by atoms with van der Waals surface area (Å²) in [6, 6.07) is 3.88. The molecular formula is C12H10N4O2S. The average molecular weight is 274 g/mol. The first-order valence-electron chi connectivity index (χ1n) is 5.55. The number of hydrogen-bond donors (Lipinski definition) is 0. The smallest absolute Gasteiger partial charge is 0.378 e. The lowest BCUT2D eigenvalue weighted by molar-refractivity contribution is 0.0587. The molecule has 19 heavy (non-hydrogen) atoms. The number of aryl methyl sites for hydroxylation is 1. The molecule has 0 saturated heterocycles. The van der Waals surface area contributed by atoms with Gasteiger partial charge in [-0.3, -0.25) is 0 Å². The van der Waals surface area contributed by atoms with Crippen molar-refractivity contribution >= 4 is 23.1 Å². The van der Waals surface area contributed by atoms with Crippen molar-refractivity contribution in [2.45, 2.75) is 6.92 Å². The fourth-order valence-corrected chi connectivity index (χ4v) is 2.72. The van der Waals surface area contributed by atoms with Crippen LogP contribution in [0.15, 0.2) is 23.7 Å². The van der Waals surface area contributed by atoms with Crippen molar-refractivity contribution in [3.8, 4) is 10.6 Å². The summed E-state index contributed by atoms with van der Waals surface area (Å²) < 4.78 is 6.18. The van der Waals surface area contributed by atoms with E-state index in [0.29, 0.717) is 5.78 Å². The van der Waals surface area contributed by atoms with Crippen LogP contribution in [0.1, 0.15) is 16.2 Å². The highest BCUT2D eigenvalue weighted by Gasteiger charge is 2.16. The van der Waals surface area contributed by atoms with Crippen LogP contribution in [0.4, 0.5) is 0 Å². The maximum Gasteiger partial charge on any atom is 0.378 e. The summed E-state index contributed by atoms with van der Waals surface area (Å²) in [5, 5.41) is 6.16. The van der Waals surface area contributed by atoms with Crippen LogP contribution < -0.4 is 0 Å². The number of carbonyl (C=O) groups is 1. The second-order valence-electron chi connectivity index (χ2n) is 3.90. The third-order valence-electron chi connectivity index (χ3n) is 2.70. The van der Waals surface area contributed by atoms with E-state index in [0.717, 1.165) is 16.1 Å². The third kappa shape index (κ3) is 1.88. The summed E-state index contributed by atoms with van der Waals surface area (Å²) in [6.07, 6.45) is 1.65. The van der Waals surface area contributed by atoms with Crippen LogP contribution in [-0.2, 0) is 4.74 Å². The first-order valence-corrected chi connectivity index (χ1v) is 6.43. The second kappa shape index (κ2) is 4.43. The molecule has 0 aliphatic carbocycles. The summed E-state index contributed by atoms with van der Waals surface area (Å²) >= 11 is 1.61. The molecule has 3 rings (SSSR count). The van der Waals surface area contributed by atoms with Crippen molar-refractivity contribution in [3.63, 3.8) is 0 Å². The molecule has 3 heterocycles. The summed E-state index contributed by atoms with van der Waals surface area (Å²) in [4.78, 5) is 20.7. The molecule has 0 saturated carbocycles. The quantitative estimate of drug-likeness (QED) is 0.668. The molecule has 0 bridgehead atoms. The summed E-state index contributed by atoms with van der Waals surface area (Å²) in [5.41, 5.74) is 2.01. The Balaban J connectivity index is 2.24. The number of nitrogens with zero attached hydrogens (tertiary/aromatic N) is 4. The van der Waals surface area contributed by atoms with E-state index in [4.69, 9.17) is 0 Å². The largest absolute Gasteiger partial charge is 0.463 e. The molecule has 0 fully saturated rings. The molecule has 0 unspecified atom stereocenters. The first-order chi connectivity index (χ1) is 9.20. The fourth-order valence-electron chi connectivity index (χ4n) is 1.78. The second-order valence-corrected chi connectivity index (χ2v) is 4.82. The van der Waals surface area contributed by atoms with Gasteiger partial charge in [0.05, 0.1) is 17.7 Å². The van der Waals surface area contributed by atoms with E-state index >= 15 is 0 Å². The third-order valence-corrected chi connectivity index (χ3v) is 3.74. The standard InChI is InChI=1S/C12H10N4O2S/c1-7-4-6-19-9(7)8-3-5-13-12-14-10(11(17)18-2)15-16(8)12/h3-6H,1-2H3. The molecule has 6 nitrogen and oxygen atoms in total. The maximum absolute atomic E-state index is 11.5. The minimum Gasteiger partial charge on any atom is -0.463 e. The number of rotatable bonds is 2. The number of ether oxygens (including phenoxy) is 1. The maximum atomic E-state index is 11.5. The van der Waals surface area contributed by atoms with Gasteiger partial charge in [-0.15, -0.1) is 16.4 Å². The Morgan fingerprint density at radius 3 is 2.95 bits per heavy atom. The Kier molecular flexibility index (Phi) is 2.75. The molecule has 0 atom stereocenters. The lowest BCUT2D eigenvalue weighted by Crippen LogP contribution is -2.04. The summed E-state index contributed by atoms with van der Waals surface area (Å²) in [6.45, 7) is 2.02. The highest BCUT2D eigenvalue weighted by atomic mass is 32.1. The number of thiophene rings is 1. The van der Waals surface area contributed by atoms with E-state index < -0.39 is 5.97 Å². The van der Waals surface area contributed by atoms with Crippen LogP contribution >= 0.6 is 11.3 Å². The Hall–Kier alpha value is -2.28. The van der Waals surface area contributed by atoms with Crippen molar-refractivity contribution in [3.05, 3.63) is 35.1 Å². The lowest BCUT2D eigenvalue weighted by Gasteiger charge is -2.01. The zero-order chi connectivity index (χ0) is 13.4. The zero-order valence-corrected chi connectivity index (χ0v) is 11.1. The zero-order valence-electron chi connectivity index (χ0n) is 10.3. The molecule has 0 aromatic carbocycles. The Morgan fingerprint density at radius 2 is 2.26 bits per heavy atom. The van der Waals surface area contributed by atoms with Crippen LogP contribution in [0, 0.1) is 6.92 Å². The van der Waals surface area contributed by atoms with Crippen molar-refractivity contribution < 1.29 is 9.53 Å². The van der Waals surface area contributed by atoms with Gasteiger partial charge in [-0.25, -0.2) is 9.78 Å². The van der Waals surface area contributed by atoms with Gasteiger partial charge < -0.3 is 4.74 Å². The highest BCUT2D eigenvalue weighted by molar-refractivity contribution is 7.13. The predicted molar refractivity (Wildman–Crippen MR) is 70.2 cm³/mol. The molecule has 96 valence electrons. The first kappa shape index (κ1) is 11.8. The van der Waals surface area contributed by atoms with E-state index in [1.165, 1.54) is 7.11 Å². The SMILES string of the molecule is COC(=O)c1nc2nccc(-c3sccc3C)n2n1. The van der Waals surface area contributed by atoms with E-state index in [2.05, 4.69) is 19.8 Å². The van der Waals surface area contributed by atoms with E-state index in [9.17, 15) is 4.79 Å².